The number of fused-ring (bicyclic) bond motifs is 1. The van der Waals surface area contributed by atoms with Crippen LogP contribution in [0.25, 0.3) is 10.2 Å². The molecule has 0 saturated carbocycles. The van der Waals surface area contributed by atoms with Gasteiger partial charge in [-0.1, -0.05) is 6.92 Å². The molecule has 0 aliphatic carbocycles. The first-order valence-corrected chi connectivity index (χ1v) is 7.77. The number of anilines is 1. The Morgan fingerprint density at radius 3 is 3.11 bits per heavy atom. The second-order valence-electron chi connectivity index (χ2n) is 5.16. The minimum atomic E-state index is 0.597. The molecule has 1 N–H and O–H groups in total. The van der Waals surface area contributed by atoms with Crippen molar-refractivity contribution in [3.05, 3.63) is 17.3 Å². The van der Waals surface area contributed by atoms with E-state index in [1.807, 2.05) is 0 Å². The van der Waals surface area contributed by atoms with Crippen LogP contribution in [0, 0.1) is 0 Å². The molecule has 1 saturated heterocycles. The van der Waals surface area contributed by atoms with E-state index in [-0.39, 0.29) is 0 Å². The van der Waals surface area contributed by atoms with E-state index in [2.05, 4.69) is 40.2 Å². The predicted molar refractivity (Wildman–Crippen MR) is 81.1 cm³/mol. The molecule has 0 bridgehead atoms. The van der Waals surface area contributed by atoms with Gasteiger partial charge >= 0.3 is 0 Å². The van der Waals surface area contributed by atoms with E-state index in [0.29, 0.717) is 6.04 Å². The van der Waals surface area contributed by atoms with Gasteiger partial charge in [0.25, 0.3) is 0 Å². The van der Waals surface area contributed by atoms with E-state index < -0.39 is 0 Å². The Kier molecular flexibility index (Phi) is 3.66. The molecule has 1 aliphatic rings. The molecular formula is C14H20N4S. The number of hydrogen-bond acceptors (Lipinski definition) is 5. The molecule has 3 rings (SSSR count). The zero-order valence-electron chi connectivity index (χ0n) is 11.5. The number of rotatable bonds is 4. The number of thiophene rings is 1. The minimum absolute atomic E-state index is 0.597. The van der Waals surface area contributed by atoms with Crippen LogP contribution in [0.15, 0.2) is 12.4 Å². The summed E-state index contributed by atoms with van der Waals surface area (Å²) in [5.74, 6) is 1.06. The van der Waals surface area contributed by atoms with Gasteiger partial charge < -0.3 is 10.2 Å². The molecule has 0 amide bonds. The van der Waals surface area contributed by atoms with Gasteiger partial charge in [0.2, 0.25) is 0 Å². The molecule has 19 heavy (non-hydrogen) atoms. The fourth-order valence-corrected chi connectivity index (χ4v) is 3.63. The van der Waals surface area contributed by atoms with Crippen molar-refractivity contribution in [1.29, 1.82) is 0 Å². The molecule has 0 radical (unpaired) electrons. The summed E-state index contributed by atoms with van der Waals surface area (Å²) in [7, 11) is 2.13. The summed E-state index contributed by atoms with van der Waals surface area (Å²) in [6, 6.07) is 2.84. The highest BCUT2D eigenvalue weighted by atomic mass is 32.1. The topological polar surface area (TPSA) is 41.0 Å². The molecule has 1 unspecified atom stereocenters. The largest absolute Gasteiger partial charge is 0.357 e. The Morgan fingerprint density at radius 1 is 1.47 bits per heavy atom. The van der Waals surface area contributed by atoms with Gasteiger partial charge in [0.05, 0.1) is 5.39 Å². The summed E-state index contributed by atoms with van der Waals surface area (Å²) in [5.41, 5.74) is 0. The Morgan fingerprint density at radius 2 is 2.37 bits per heavy atom. The van der Waals surface area contributed by atoms with Crippen molar-refractivity contribution in [2.45, 2.75) is 32.2 Å². The Hall–Kier alpha value is -1.20. The Balaban J connectivity index is 1.87. The van der Waals surface area contributed by atoms with E-state index in [1.165, 1.54) is 23.1 Å². The number of nitrogens with zero attached hydrogens (tertiary/aromatic N) is 3. The van der Waals surface area contributed by atoms with Crippen LogP contribution in [0.4, 0.5) is 5.82 Å². The fraction of sp³-hybridized carbons (Fsp3) is 0.571. The highest BCUT2D eigenvalue weighted by Crippen LogP contribution is 2.30. The van der Waals surface area contributed by atoms with Gasteiger partial charge in [-0.05, 0) is 31.9 Å². The molecule has 0 aromatic carbocycles. The first-order valence-electron chi connectivity index (χ1n) is 6.96. The van der Waals surface area contributed by atoms with E-state index in [4.69, 9.17) is 0 Å². The number of aryl methyl sites for hydroxylation is 1. The molecule has 3 heterocycles. The molecule has 4 nitrogen and oxygen atoms in total. The van der Waals surface area contributed by atoms with Gasteiger partial charge in [-0.15, -0.1) is 11.3 Å². The van der Waals surface area contributed by atoms with Gasteiger partial charge in [0.15, 0.2) is 0 Å². The lowest BCUT2D eigenvalue weighted by Crippen LogP contribution is -2.35. The first-order chi connectivity index (χ1) is 9.28. The average Bonchev–Trinajstić information content (AvgIpc) is 3.05. The van der Waals surface area contributed by atoms with Crippen molar-refractivity contribution in [1.82, 2.24) is 15.3 Å². The van der Waals surface area contributed by atoms with E-state index in [0.717, 1.165) is 30.2 Å². The van der Waals surface area contributed by atoms with Crippen molar-refractivity contribution in [3.63, 3.8) is 0 Å². The molecule has 1 fully saturated rings. The van der Waals surface area contributed by atoms with E-state index in [1.54, 1.807) is 17.7 Å². The Labute approximate surface area is 117 Å². The molecule has 2 aromatic heterocycles. The summed E-state index contributed by atoms with van der Waals surface area (Å²) in [6.07, 6.45) is 5.30. The summed E-state index contributed by atoms with van der Waals surface area (Å²) < 4.78 is 0. The summed E-state index contributed by atoms with van der Waals surface area (Å²) in [6.45, 7) is 4.35. The maximum absolute atomic E-state index is 4.49. The molecule has 5 heteroatoms. The highest BCUT2D eigenvalue weighted by Gasteiger charge is 2.18. The van der Waals surface area contributed by atoms with E-state index in [9.17, 15) is 0 Å². The molecular weight excluding hydrogens is 256 g/mol. The van der Waals surface area contributed by atoms with Crippen LogP contribution in [-0.4, -0.2) is 36.1 Å². The zero-order chi connectivity index (χ0) is 13.2. The van der Waals surface area contributed by atoms with Crippen LogP contribution in [0.1, 0.15) is 24.6 Å². The summed E-state index contributed by atoms with van der Waals surface area (Å²) in [4.78, 5) is 13.6. The number of aromatic nitrogens is 2. The molecule has 102 valence electrons. The lowest BCUT2D eigenvalue weighted by molar-refractivity contribution is 0.598. The lowest BCUT2D eigenvalue weighted by atomic mass is 10.2. The standard InChI is InChI=1S/C14H20N4S/c1-3-11-7-12-13(16-9-17-14(12)19-11)18(2)8-10-5-4-6-15-10/h7,9-10,15H,3-6,8H2,1-2H3. The van der Waals surface area contributed by atoms with Crippen molar-refractivity contribution in [2.24, 2.45) is 0 Å². The van der Waals surface area contributed by atoms with Gasteiger partial charge in [0.1, 0.15) is 17.0 Å². The number of nitrogens with one attached hydrogen (secondary N) is 1. The lowest BCUT2D eigenvalue weighted by Gasteiger charge is -2.22. The molecule has 1 atom stereocenters. The first kappa shape index (κ1) is 12.8. The quantitative estimate of drug-likeness (QED) is 0.931. The van der Waals surface area contributed by atoms with Crippen molar-refractivity contribution in [2.75, 3.05) is 25.0 Å². The van der Waals surface area contributed by atoms with Crippen LogP contribution in [0.5, 0.6) is 0 Å². The average molecular weight is 276 g/mol. The predicted octanol–water partition coefficient (Wildman–Crippen LogP) is 2.44. The minimum Gasteiger partial charge on any atom is -0.357 e. The summed E-state index contributed by atoms with van der Waals surface area (Å²) >= 11 is 1.78. The van der Waals surface area contributed by atoms with Gasteiger partial charge in [-0.3, -0.25) is 0 Å². The fourth-order valence-electron chi connectivity index (χ4n) is 2.70. The van der Waals surface area contributed by atoms with E-state index >= 15 is 0 Å². The highest BCUT2D eigenvalue weighted by molar-refractivity contribution is 7.18. The van der Waals surface area contributed by atoms with Crippen molar-refractivity contribution in [3.8, 4) is 0 Å². The normalized spacial score (nSPS) is 19.2. The smallest absolute Gasteiger partial charge is 0.140 e. The maximum atomic E-state index is 4.49. The van der Waals surface area contributed by atoms with Gasteiger partial charge in [-0.2, -0.15) is 0 Å². The molecule has 2 aromatic rings. The van der Waals surface area contributed by atoms with Crippen LogP contribution in [-0.2, 0) is 6.42 Å². The third kappa shape index (κ3) is 2.58. The molecule has 0 spiro atoms. The third-order valence-electron chi connectivity index (χ3n) is 3.73. The second-order valence-corrected chi connectivity index (χ2v) is 6.27. The Bertz CT molecular complexity index is 560. The van der Waals surface area contributed by atoms with Gasteiger partial charge in [-0.25, -0.2) is 9.97 Å². The zero-order valence-corrected chi connectivity index (χ0v) is 12.3. The van der Waals surface area contributed by atoms with Crippen LogP contribution in [0.3, 0.4) is 0 Å². The third-order valence-corrected chi connectivity index (χ3v) is 4.91. The summed E-state index contributed by atoms with van der Waals surface area (Å²) in [5, 5.41) is 4.74. The van der Waals surface area contributed by atoms with Crippen LogP contribution >= 0.6 is 11.3 Å². The SMILES string of the molecule is CCc1cc2c(N(C)CC3CCCN3)ncnc2s1. The van der Waals surface area contributed by atoms with Crippen LogP contribution < -0.4 is 10.2 Å². The van der Waals surface area contributed by atoms with Crippen molar-refractivity contribution >= 4 is 27.4 Å². The monoisotopic (exact) mass is 276 g/mol. The molecule has 1 aliphatic heterocycles. The van der Waals surface area contributed by atoms with Crippen molar-refractivity contribution < 1.29 is 0 Å². The number of hydrogen-bond donors (Lipinski definition) is 1. The van der Waals surface area contributed by atoms with Crippen LogP contribution in [0.2, 0.25) is 0 Å². The second kappa shape index (κ2) is 5.43. The van der Waals surface area contributed by atoms with Gasteiger partial charge in [0, 0.05) is 24.5 Å². The number of likely N-dealkylation sites (N-methyl/N-ethyl adjacent to an activating group) is 1. The maximum Gasteiger partial charge on any atom is 0.140 e.